The normalized spacial score (nSPS) is 10.6. The summed E-state index contributed by atoms with van der Waals surface area (Å²) >= 11 is 6.00. The molecule has 0 atom stereocenters. The first-order valence-electron chi connectivity index (χ1n) is 5.85. The number of nitrogens with zero attached hydrogens (tertiary/aromatic N) is 1. The Morgan fingerprint density at radius 1 is 1.35 bits per heavy atom. The molecule has 0 saturated heterocycles. The molecular formula is C13H19ClN2O. The van der Waals surface area contributed by atoms with E-state index in [4.69, 9.17) is 11.6 Å². The Morgan fingerprint density at radius 3 is 2.59 bits per heavy atom. The van der Waals surface area contributed by atoms with Crippen LogP contribution in [-0.2, 0) is 4.79 Å². The summed E-state index contributed by atoms with van der Waals surface area (Å²) in [5.41, 5.74) is 1.69. The summed E-state index contributed by atoms with van der Waals surface area (Å²) in [5.74, 6) is -0.000864. The molecule has 0 fully saturated rings. The Bertz CT molecular complexity index is 389. The van der Waals surface area contributed by atoms with E-state index in [1.165, 1.54) is 0 Å². The average Bonchev–Trinajstić information content (AvgIpc) is 2.32. The van der Waals surface area contributed by atoms with Gasteiger partial charge in [0.25, 0.3) is 0 Å². The maximum absolute atomic E-state index is 11.8. The van der Waals surface area contributed by atoms with E-state index in [0.29, 0.717) is 11.6 Å². The molecule has 0 aromatic heterocycles. The van der Waals surface area contributed by atoms with E-state index in [1.807, 2.05) is 39.0 Å². The Labute approximate surface area is 108 Å². The highest BCUT2D eigenvalue weighted by Crippen LogP contribution is 2.22. The van der Waals surface area contributed by atoms with E-state index >= 15 is 0 Å². The first kappa shape index (κ1) is 14.0. The second kappa shape index (κ2) is 6.62. The van der Waals surface area contributed by atoms with Crippen LogP contribution in [0.15, 0.2) is 18.2 Å². The number of anilines is 1. The monoisotopic (exact) mass is 254 g/mol. The molecule has 0 aliphatic carbocycles. The third kappa shape index (κ3) is 4.02. The number of carbonyl (C=O) groups is 1. The third-order valence-electron chi connectivity index (χ3n) is 2.80. The third-order valence-corrected chi connectivity index (χ3v) is 3.21. The van der Waals surface area contributed by atoms with Crippen LogP contribution in [0.25, 0.3) is 0 Å². The summed E-state index contributed by atoms with van der Waals surface area (Å²) in [4.78, 5) is 13.9. The van der Waals surface area contributed by atoms with Crippen LogP contribution in [0.1, 0.15) is 19.4 Å². The van der Waals surface area contributed by atoms with Crippen LogP contribution in [0.3, 0.4) is 0 Å². The molecule has 1 aromatic rings. The van der Waals surface area contributed by atoms with Crippen molar-refractivity contribution in [2.75, 3.05) is 25.0 Å². The maximum atomic E-state index is 11.8. The minimum atomic E-state index is -0.000864. The fraction of sp³-hybridized carbons (Fsp3) is 0.462. The van der Waals surface area contributed by atoms with Crippen LogP contribution < -0.4 is 5.32 Å². The van der Waals surface area contributed by atoms with Gasteiger partial charge in [0, 0.05) is 10.7 Å². The molecule has 3 nitrogen and oxygen atoms in total. The summed E-state index contributed by atoms with van der Waals surface area (Å²) in [5, 5.41) is 3.56. The number of hydrogen-bond acceptors (Lipinski definition) is 2. The van der Waals surface area contributed by atoms with Gasteiger partial charge < -0.3 is 5.32 Å². The lowest BCUT2D eigenvalue weighted by Crippen LogP contribution is -2.33. The van der Waals surface area contributed by atoms with Crippen LogP contribution >= 0.6 is 11.6 Å². The zero-order chi connectivity index (χ0) is 12.8. The van der Waals surface area contributed by atoms with Gasteiger partial charge in [-0.3, -0.25) is 9.69 Å². The van der Waals surface area contributed by atoms with Crippen LogP contribution in [0, 0.1) is 6.92 Å². The molecule has 0 bridgehead atoms. The van der Waals surface area contributed by atoms with Gasteiger partial charge >= 0.3 is 0 Å². The van der Waals surface area contributed by atoms with E-state index in [-0.39, 0.29) is 5.91 Å². The first-order valence-corrected chi connectivity index (χ1v) is 6.23. The fourth-order valence-electron chi connectivity index (χ4n) is 1.58. The van der Waals surface area contributed by atoms with Crippen molar-refractivity contribution in [2.45, 2.75) is 20.8 Å². The van der Waals surface area contributed by atoms with Crippen LogP contribution in [0.5, 0.6) is 0 Å². The van der Waals surface area contributed by atoms with Gasteiger partial charge in [-0.2, -0.15) is 0 Å². The van der Waals surface area contributed by atoms with Crippen molar-refractivity contribution in [3.8, 4) is 0 Å². The topological polar surface area (TPSA) is 32.3 Å². The fourth-order valence-corrected chi connectivity index (χ4v) is 1.76. The van der Waals surface area contributed by atoms with Gasteiger partial charge in [0.2, 0.25) is 5.91 Å². The Hall–Kier alpha value is -1.06. The molecule has 94 valence electrons. The van der Waals surface area contributed by atoms with Gasteiger partial charge in [-0.25, -0.2) is 0 Å². The number of benzene rings is 1. The molecule has 4 heteroatoms. The average molecular weight is 255 g/mol. The SMILES string of the molecule is CCN(CC)CC(=O)Nc1cccc(Cl)c1C. The molecule has 1 N–H and O–H groups in total. The number of amides is 1. The number of carbonyl (C=O) groups excluding carboxylic acids is 1. The largest absolute Gasteiger partial charge is 0.325 e. The second-order valence-electron chi connectivity index (χ2n) is 3.92. The van der Waals surface area contributed by atoms with Crippen molar-refractivity contribution >= 4 is 23.2 Å². The van der Waals surface area contributed by atoms with Gasteiger partial charge in [0.15, 0.2) is 0 Å². The predicted molar refractivity (Wildman–Crippen MR) is 72.6 cm³/mol. The van der Waals surface area contributed by atoms with E-state index in [1.54, 1.807) is 0 Å². The lowest BCUT2D eigenvalue weighted by molar-refractivity contribution is -0.117. The highest BCUT2D eigenvalue weighted by atomic mass is 35.5. The van der Waals surface area contributed by atoms with E-state index in [9.17, 15) is 4.79 Å². The van der Waals surface area contributed by atoms with E-state index < -0.39 is 0 Å². The Balaban J connectivity index is 2.65. The molecule has 1 amide bonds. The van der Waals surface area contributed by atoms with Gasteiger partial charge in [-0.05, 0) is 37.7 Å². The lowest BCUT2D eigenvalue weighted by atomic mass is 10.2. The number of rotatable bonds is 5. The molecule has 0 aliphatic rings. The summed E-state index contributed by atoms with van der Waals surface area (Å²) < 4.78 is 0. The Kier molecular flexibility index (Phi) is 5.45. The standard InChI is InChI=1S/C13H19ClN2O/c1-4-16(5-2)9-13(17)15-12-8-6-7-11(14)10(12)3/h6-8H,4-5,9H2,1-3H3,(H,15,17). The molecule has 1 rings (SSSR count). The predicted octanol–water partition coefficient (Wildman–Crippen LogP) is 2.93. The summed E-state index contributed by atoms with van der Waals surface area (Å²) in [7, 11) is 0. The second-order valence-corrected chi connectivity index (χ2v) is 4.33. The van der Waals surface area contributed by atoms with Gasteiger partial charge in [0.1, 0.15) is 0 Å². The van der Waals surface area contributed by atoms with Crippen molar-refractivity contribution in [3.05, 3.63) is 28.8 Å². The van der Waals surface area contributed by atoms with E-state index in [2.05, 4.69) is 10.2 Å². The smallest absolute Gasteiger partial charge is 0.238 e. The zero-order valence-electron chi connectivity index (χ0n) is 10.6. The maximum Gasteiger partial charge on any atom is 0.238 e. The first-order chi connectivity index (χ1) is 8.08. The molecule has 0 unspecified atom stereocenters. The van der Waals surface area contributed by atoms with Crippen LogP contribution in [0.4, 0.5) is 5.69 Å². The van der Waals surface area contributed by atoms with E-state index in [0.717, 1.165) is 24.3 Å². The highest BCUT2D eigenvalue weighted by molar-refractivity contribution is 6.31. The lowest BCUT2D eigenvalue weighted by Gasteiger charge is -2.18. The molecule has 0 spiro atoms. The summed E-state index contributed by atoms with van der Waals surface area (Å²) in [6, 6.07) is 5.51. The van der Waals surface area contributed by atoms with Gasteiger partial charge in [0.05, 0.1) is 6.54 Å². The molecule has 0 heterocycles. The quantitative estimate of drug-likeness (QED) is 0.876. The molecule has 0 saturated carbocycles. The molecule has 17 heavy (non-hydrogen) atoms. The van der Waals surface area contributed by atoms with Crippen molar-refractivity contribution < 1.29 is 4.79 Å². The molecule has 0 aliphatic heterocycles. The number of likely N-dealkylation sites (N-methyl/N-ethyl adjacent to an activating group) is 1. The Morgan fingerprint density at radius 2 is 2.00 bits per heavy atom. The molecular weight excluding hydrogens is 236 g/mol. The van der Waals surface area contributed by atoms with Crippen molar-refractivity contribution in [1.82, 2.24) is 4.90 Å². The minimum Gasteiger partial charge on any atom is -0.325 e. The van der Waals surface area contributed by atoms with Crippen LogP contribution in [0.2, 0.25) is 5.02 Å². The summed E-state index contributed by atoms with van der Waals surface area (Å²) in [6.07, 6.45) is 0. The van der Waals surface area contributed by atoms with Gasteiger partial charge in [-0.1, -0.05) is 31.5 Å². The van der Waals surface area contributed by atoms with Crippen molar-refractivity contribution in [2.24, 2.45) is 0 Å². The summed E-state index contributed by atoms with van der Waals surface area (Å²) in [6.45, 7) is 8.15. The number of nitrogens with one attached hydrogen (secondary N) is 1. The minimum absolute atomic E-state index is 0.000864. The highest BCUT2D eigenvalue weighted by Gasteiger charge is 2.09. The van der Waals surface area contributed by atoms with Crippen molar-refractivity contribution in [1.29, 1.82) is 0 Å². The van der Waals surface area contributed by atoms with Crippen LogP contribution in [-0.4, -0.2) is 30.4 Å². The molecule has 0 radical (unpaired) electrons. The number of hydrogen-bond donors (Lipinski definition) is 1. The van der Waals surface area contributed by atoms with Gasteiger partial charge in [-0.15, -0.1) is 0 Å². The van der Waals surface area contributed by atoms with Crippen molar-refractivity contribution in [3.63, 3.8) is 0 Å². The molecule has 1 aromatic carbocycles. The zero-order valence-corrected chi connectivity index (χ0v) is 11.3. The number of halogens is 1.